The van der Waals surface area contributed by atoms with Crippen molar-refractivity contribution in [2.45, 2.75) is 12.7 Å². The van der Waals surface area contributed by atoms with Crippen molar-refractivity contribution >= 4 is 22.8 Å². The molecule has 0 radical (unpaired) electrons. The Balaban J connectivity index is 1.85. The number of benzene rings is 4. The van der Waals surface area contributed by atoms with E-state index in [-0.39, 0.29) is 23.4 Å². The molecule has 5 nitrogen and oxygen atoms in total. The van der Waals surface area contributed by atoms with Gasteiger partial charge in [-0.3, -0.25) is 0 Å². The minimum atomic E-state index is -4.55. The van der Waals surface area contributed by atoms with E-state index in [2.05, 4.69) is 0 Å². The van der Waals surface area contributed by atoms with Crippen molar-refractivity contribution in [2.75, 3.05) is 0 Å². The van der Waals surface area contributed by atoms with Gasteiger partial charge in [-0.2, -0.15) is 13.2 Å². The molecule has 0 aliphatic heterocycles. The van der Waals surface area contributed by atoms with Gasteiger partial charge < -0.3 is 14.8 Å². The van der Waals surface area contributed by atoms with Crippen molar-refractivity contribution in [1.82, 2.24) is 4.57 Å². The summed E-state index contributed by atoms with van der Waals surface area (Å²) < 4.78 is 41.6. The van der Waals surface area contributed by atoms with Crippen LogP contribution in [0.5, 0.6) is 0 Å². The maximum Gasteiger partial charge on any atom is 0.416 e. The highest BCUT2D eigenvalue weighted by Crippen LogP contribution is 2.42. The number of alkyl halides is 3. The topological polar surface area (TPSA) is 79.5 Å². The molecule has 0 aliphatic rings. The SMILES string of the molecule is O=C(O)c1cccc(-c2c(C(=O)O)n(Cc3cccc(C(F)(F)F)c3)c3cccc(-c4ccccc4)c23)c1. The number of nitrogens with zero attached hydrogens (tertiary/aromatic N) is 1. The molecule has 0 saturated carbocycles. The molecule has 8 heteroatoms. The predicted molar refractivity (Wildman–Crippen MR) is 137 cm³/mol. The van der Waals surface area contributed by atoms with Crippen LogP contribution in [-0.4, -0.2) is 26.7 Å². The molecule has 0 saturated heterocycles. The van der Waals surface area contributed by atoms with Crippen LogP contribution in [-0.2, 0) is 12.7 Å². The summed E-state index contributed by atoms with van der Waals surface area (Å²) in [7, 11) is 0. The lowest BCUT2D eigenvalue weighted by molar-refractivity contribution is -0.137. The number of carboxylic acid groups (broad SMARTS) is 2. The van der Waals surface area contributed by atoms with Gasteiger partial charge in [0, 0.05) is 17.5 Å². The minimum Gasteiger partial charge on any atom is -0.478 e. The molecule has 0 aliphatic carbocycles. The zero-order valence-corrected chi connectivity index (χ0v) is 19.7. The molecule has 1 aromatic heterocycles. The standard InChI is InChI=1S/C30H20F3NO4/c31-30(32,33)22-12-4-7-18(15-22)17-34-24-14-6-13-23(19-8-2-1-3-9-19)26(24)25(27(34)29(37)38)20-10-5-11-21(16-20)28(35)36/h1-16H,17H2,(H,35,36)(H,37,38). The van der Waals surface area contributed by atoms with Gasteiger partial charge in [0.15, 0.2) is 0 Å². The van der Waals surface area contributed by atoms with Crippen molar-refractivity contribution in [3.05, 3.63) is 119 Å². The number of aromatic carboxylic acids is 2. The van der Waals surface area contributed by atoms with E-state index < -0.39 is 23.7 Å². The molecule has 0 atom stereocenters. The van der Waals surface area contributed by atoms with Crippen LogP contribution in [0, 0.1) is 0 Å². The van der Waals surface area contributed by atoms with Gasteiger partial charge in [-0.25, -0.2) is 9.59 Å². The number of hydrogen-bond acceptors (Lipinski definition) is 2. The maximum atomic E-state index is 13.4. The van der Waals surface area contributed by atoms with Crippen LogP contribution in [0.2, 0.25) is 0 Å². The number of hydrogen-bond donors (Lipinski definition) is 2. The highest BCUT2D eigenvalue weighted by molar-refractivity contribution is 6.13. The minimum absolute atomic E-state index is 0.0187. The third-order valence-corrected chi connectivity index (χ3v) is 6.37. The van der Waals surface area contributed by atoms with Crippen LogP contribution in [0.1, 0.15) is 32.0 Å². The van der Waals surface area contributed by atoms with E-state index in [1.165, 1.54) is 34.9 Å². The average molecular weight is 515 g/mol. The lowest BCUT2D eigenvalue weighted by Crippen LogP contribution is -2.12. The van der Waals surface area contributed by atoms with Crippen LogP contribution in [0.3, 0.4) is 0 Å². The monoisotopic (exact) mass is 515 g/mol. The fraction of sp³-hybridized carbons (Fsp3) is 0.0667. The summed E-state index contributed by atoms with van der Waals surface area (Å²) in [5.41, 5.74) is 1.96. The normalized spacial score (nSPS) is 11.6. The van der Waals surface area contributed by atoms with E-state index in [1.54, 1.807) is 18.2 Å². The van der Waals surface area contributed by atoms with Crippen LogP contribution in [0.4, 0.5) is 13.2 Å². The second kappa shape index (κ2) is 9.55. The first-order chi connectivity index (χ1) is 18.1. The Bertz CT molecular complexity index is 1690. The Morgan fingerprint density at radius 2 is 1.42 bits per heavy atom. The molecular weight excluding hydrogens is 495 g/mol. The number of rotatable bonds is 6. The molecule has 0 unspecified atom stereocenters. The van der Waals surface area contributed by atoms with E-state index in [9.17, 15) is 33.0 Å². The van der Waals surface area contributed by atoms with Crippen LogP contribution in [0.15, 0.2) is 97.1 Å². The number of fused-ring (bicyclic) bond motifs is 1. The van der Waals surface area contributed by atoms with Gasteiger partial charge in [0.2, 0.25) is 0 Å². The Labute approximate surface area is 215 Å². The first-order valence-corrected chi connectivity index (χ1v) is 11.6. The van der Waals surface area contributed by atoms with Gasteiger partial charge >= 0.3 is 18.1 Å². The van der Waals surface area contributed by atoms with Gasteiger partial charge in [-0.05, 0) is 52.6 Å². The smallest absolute Gasteiger partial charge is 0.416 e. The van der Waals surface area contributed by atoms with Gasteiger partial charge in [-0.15, -0.1) is 0 Å². The first-order valence-electron chi connectivity index (χ1n) is 11.6. The highest BCUT2D eigenvalue weighted by Gasteiger charge is 2.31. The Kier molecular flexibility index (Phi) is 6.24. The zero-order valence-electron chi connectivity index (χ0n) is 19.7. The quantitative estimate of drug-likeness (QED) is 0.246. The lowest BCUT2D eigenvalue weighted by Gasteiger charge is -2.12. The van der Waals surface area contributed by atoms with Crippen LogP contribution >= 0.6 is 0 Å². The van der Waals surface area contributed by atoms with E-state index in [0.29, 0.717) is 27.6 Å². The summed E-state index contributed by atoms with van der Waals surface area (Å²) in [4.78, 5) is 24.5. The summed E-state index contributed by atoms with van der Waals surface area (Å²) in [5, 5.41) is 20.5. The lowest BCUT2D eigenvalue weighted by atomic mass is 9.94. The number of halogens is 3. The molecule has 38 heavy (non-hydrogen) atoms. The molecule has 5 rings (SSSR count). The zero-order chi connectivity index (χ0) is 27.0. The first kappa shape index (κ1) is 24.8. The molecule has 190 valence electrons. The summed E-state index contributed by atoms with van der Waals surface area (Å²) in [6.07, 6.45) is -4.55. The second-order valence-corrected chi connectivity index (χ2v) is 8.76. The second-order valence-electron chi connectivity index (χ2n) is 8.76. The van der Waals surface area contributed by atoms with E-state index in [0.717, 1.165) is 17.7 Å². The van der Waals surface area contributed by atoms with Gasteiger partial charge in [0.05, 0.1) is 16.6 Å². The highest BCUT2D eigenvalue weighted by atomic mass is 19.4. The predicted octanol–water partition coefficient (Wildman–Crippen LogP) is 7.44. The fourth-order valence-electron chi connectivity index (χ4n) is 4.76. The molecule has 5 aromatic rings. The molecular formula is C30H20F3NO4. The molecule has 0 fully saturated rings. The molecule has 0 amide bonds. The summed E-state index contributed by atoms with van der Waals surface area (Å²) in [5.74, 6) is -2.46. The van der Waals surface area contributed by atoms with Crippen molar-refractivity contribution in [3.63, 3.8) is 0 Å². The van der Waals surface area contributed by atoms with Crippen LogP contribution in [0.25, 0.3) is 33.2 Å². The number of carbonyl (C=O) groups is 2. The summed E-state index contributed by atoms with van der Waals surface area (Å²) >= 11 is 0. The van der Waals surface area contributed by atoms with Crippen molar-refractivity contribution in [3.8, 4) is 22.3 Å². The number of carboxylic acids is 2. The molecule has 0 spiro atoms. The van der Waals surface area contributed by atoms with Gasteiger partial charge in [0.1, 0.15) is 5.69 Å². The van der Waals surface area contributed by atoms with Gasteiger partial charge in [0.25, 0.3) is 0 Å². The maximum absolute atomic E-state index is 13.4. The summed E-state index contributed by atoms with van der Waals surface area (Å²) in [6.45, 7) is -0.140. The van der Waals surface area contributed by atoms with Crippen molar-refractivity contribution in [2.24, 2.45) is 0 Å². The van der Waals surface area contributed by atoms with E-state index in [1.807, 2.05) is 36.4 Å². The van der Waals surface area contributed by atoms with Crippen molar-refractivity contribution < 1.29 is 33.0 Å². The Morgan fingerprint density at radius 3 is 2.11 bits per heavy atom. The largest absolute Gasteiger partial charge is 0.478 e. The molecule has 1 heterocycles. The van der Waals surface area contributed by atoms with Crippen molar-refractivity contribution in [1.29, 1.82) is 0 Å². The van der Waals surface area contributed by atoms with E-state index >= 15 is 0 Å². The average Bonchev–Trinajstić information content (AvgIpc) is 3.23. The fourth-order valence-corrected chi connectivity index (χ4v) is 4.76. The Morgan fingerprint density at radius 1 is 0.737 bits per heavy atom. The van der Waals surface area contributed by atoms with E-state index in [4.69, 9.17) is 0 Å². The number of aromatic nitrogens is 1. The molecule has 2 N–H and O–H groups in total. The molecule has 4 aromatic carbocycles. The Hall–Kier alpha value is -4.85. The third-order valence-electron chi connectivity index (χ3n) is 6.37. The van der Waals surface area contributed by atoms with Crippen LogP contribution < -0.4 is 0 Å². The molecule has 0 bridgehead atoms. The third kappa shape index (κ3) is 4.52. The van der Waals surface area contributed by atoms with Gasteiger partial charge in [-0.1, -0.05) is 66.7 Å². The summed E-state index contributed by atoms with van der Waals surface area (Å²) in [6, 6.07) is 25.3.